The Balaban J connectivity index is 2.19. The molecule has 98 valence electrons. The van der Waals surface area contributed by atoms with Crippen molar-refractivity contribution in [1.82, 2.24) is 4.31 Å². The largest absolute Gasteiger partial charge is 0.563 e. The molecular weight excluding hydrogens is 256 g/mol. The summed E-state index contributed by atoms with van der Waals surface area (Å²) in [5.74, 6) is -0.856. The second kappa shape index (κ2) is 4.95. The van der Waals surface area contributed by atoms with Crippen molar-refractivity contribution in [3.05, 3.63) is 30.3 Å². The first-order chi connectivity index (χ1) is 8.50. The molecule has 7 heteroatoms. The van der Waals surface area contributed by atoms with Gasteiger partial charge in [-0.05, 0) is 25.0 Å². The van der Waals surface area contributed by atoms with Crippen LogP contribution in [0.4, 0.5) is 5.69 Å². The minimum absolute atomic E-state index is 0.275. The molecule has 18 heavy (non-hydrogen) atoms. The summed E-state index contributed by atoms with van der Waals surface area (Å²) in [5.41, 5.74) is 0.445. The van der Waals surface area contributed by atoms with Crippen LogP contribution in [0.1, 0.15) is 12.8 Å². The molecule has 0 radical (unpaired) electrons. The molecule has 1 atom stereocenters. The summed E-state index contributed by atoms with van der Waals surface area (Å²) >= 11 is 0. The Kier molecular flexibility index (Phi) is 3.53. The van der Waals surface area contributed by atoms with Gasteiger partial charge in [0, 0.05) is 17.0 Å². The van der Waals surface area contributed by atoms with Crippen LogP contribution in [0.3, 0.4) is 0 Å². The fourth-order valence-electron chi connectivity index (χ4n) is 2.00. The van der Waals surface area contributed by atoms with Gasteiger partial charge >= 0.3 is 16.2 Å². The number of nitrogens with one attached hydrogen (secondary N) is 1. The average Bonchev–Trinajstić information content (AvgIpc) is 2.79. The van der Waals surface area contributed by atoms with Crippen molar-refractivity contribution in [1.29, 1.82) is 0 Å². The molecular formula is C11H15N2O4S+. The van der Waals surface area contributed by atoms with Gasteiger partial charge in [-0.25, -0.2) is 0 Å². The molecule has 1 fully saturated rings. The normalized spacial score (nSPS) is 20.8. The topological polar surface area (TPSA) is 89.4 Å². The van der Waals surface area contributed by atoms with Crippen LogP contribution in [0.5, 0.6) is 0 Å². The predicted molar refractivity (Wildman–Crippen MR) is 67.3 cm³/mol. The van der Waals surface area contributed by atoms with E-state index in [2.05, 4.69) is 4.72 Å². The van der Waals surface area contributed by atoms with E-state index in [0.717, 1.165) is 4.31 Å². The first-order valence-corrected chi connectivity index (χ1v) is 7.05. The van der Waals surface area contributed by atoms with E-state index in [4.69, 9.17) is 5.11 Å². The van der Waals surface area contributed by atoms with Crippen LogP contribution in [0.2, 0.25) is 0 Å². The van der Waals surface area contributed by atoms with Crippen LogP contribution < -0.4 is 4.72 Å². The maximum atomic E-state index is 12.1. The van der Waals surface area contributed by atoms with Gasteiger partial charge in [0.05, 0.1) is 0 Å². The van der Waals surface area contributed by atoms with E-state index in [0.29, 0.717) is 18.5 Å². The summed E-state index contributed by atoms with van der Waals surface area (Å²) in [6.45, 7) is 0.275. The highest BCUT2D eigenvalue weighted by molar-refractivity contribution is 7.90. The van der Waals surface area contributed by atoms with Gasteiger partial charge in [-0.2, -0.15) is 12.7 Å². The van der Waals surface area contributed by atoms with Gasteiger partial charge in [-0.1, -0.05) is 18.2 Å². The van der Waals surface area contributed by atoms with E-state index >= 15 is 0 Å². The standard InChI is InChI=1S/C11H14N2O4S/c14-11(15)10-7-4-8-13(10)18(16,17)12-9-5-2-1-3-6-9/h1-3,5-6,10,12H,4,7-8H2,(H,14,15)/p+1/t10-/m0/s1. The Hall–Kier alpha value is -1.60. The number of para-hydroxylation sites is 1. The molecule has 0 spiro atoms. The Morgan fingerprint density at radius 1 is 1.33 bits per heavy atom. The van der Waals surface area contributed by atoms with E-state index in [1.54, 1.807) is 30.3 Å². The molecule has 0 amide bonds. The average molecular weight is 271 g/mol. The van der Waals surface area contributed by atoms with E-state index in [1.165, 1.54) is 0 Å². The Labute approximate surface area is 105 Å². The van der Waals surface area contributed by atoms with Crippen LogP contribution in [0.25, 0.3) is 0 Å². The minimum atomic E-state index is -3.76. The van der Waals surface area contributed by atoms with Gasteiger partial charge in [-0.15, -0.1) is 0 Å². The maximum Gasteiger partial charge on any atom is 0.534 e. The monoisotopic (exact) mass is 271 g/mol. The third-order valence-corrected chi connectivity index (χ3v) is 4.38. The van der Waals surface area contributed by atoms with E-state index in [1.807, 2.05) is 0 Å². The van der Waals surface area contributed by atoms with Crippen LogP contribution in [-0.2, 0) is 15.0 Å². The summed E-state index contributed by atoms with van der Waals surface area (Å²) < 4.78 is 27.7. The fraction of sp³-hybridized carbons (Fsp3) is 0.364. The number of anilines is 1. The van der Waals surface area contributed by atoms with Crippen LogP contribution in [0, 0.1) is 0 Å². The lowest BCUT2D eigenvalue weighted by Gasteiger charge is -2.19. The molecule has 2 rings (SSSR count). The summed E-state index contributed by atoms with van der Waals surface area (Å²) in [6.07, 6.45) is 1.02. The minimum Gasteiger partial charge on any atom is -0.563 e. The second-order valence-electron chi connectivity index (χ2n) is 4.11. The lowest BCUT2D eigenvalue weighted by atomic mass is 10.2. The van der Waals surface area contributed by atoms with Crippen LogP contribution in [-0.4, -0.2) is 36.4 Å². The predicted octanol–water partition coefficient (Wildman–Crippen LogP) is 0.0589. The van der Waals surface area contributed by atoms with Gasteiger partial charge in [0.15, 0.2) is 6.04 Å². The first-order valence-electron chi connectivity index (χ1n) is 5.61. The smallest absolute Gasteiger partial charge is 0.534 e. The highest BCUT2D eigenvalue weighted by atomic mass is 32.2. The molecule has 1 aliphatic heterocycles. The number of hydrogen-bond donors (Lipinski definition) is 1. The molecule has 1 heterocycles. The molecule has 3 N–H and O–H groups in total. The number of hydrogen-bond acceptors (Lipinski definition) is 3. The molecule has 1 aliphatic rings. The zero-order valence-electron chi connectivity index (χ0n) is 9.67. The van der Waals surface area contributed by atoms with Gasteiger partial charge in [0.2, 0.25) is 0 Å². The molecule has 0 unspecified atom stereocenters. The lowest BCUT2D eigenvalue weighted by molar-refractivity contribution is -0.140. The molecule has 1 aromatic carbocycles. The van der Waals surface area contributed by atoms with Crippen molar-refractivity contribution >= 4 is 21.9 Å². The third-order valence-electron chi connectivity index (χ3n) is 2.84. The van der Waals surface area contributed by atoms with Gasteiger partial charge in [0.25, 0.3) is 0 Å². The summed E-state index contributed by atoms with van der Waals surface area (Å²) in [7, 11) is -3.76. The Bertz CT molecular complexity index is 529. The summed E-state index contributed by atoms with van der Waals surface area (Å²) in [4.78, 5) is 11.1. The molecule has 6 nitrogen and oxygen atoms in total. The maximum absolute atomic E-state index is 12.1. The van der Waals surface area contributed by atoms with Crippen molar-refractivity contribution < 1.29 is 18.3 Å². The quantitative estimate of drug-likeness (QED) is 0.785. The number of benzene rings is 1. The molecule has 0 saturated carbocycles. The van der Waals surface area contributed by atoms with Gasteiger partial charge < -0.3 is 5.11 Å². The Morgan fingerprint density at radius 3 is 2.61 bits per heavy atom. The third kappa shape index (κ3) is 2.62. The number of carbonyl (C=O) groups is 1. The van der Waals surface area contributed by atoms with Crippen molar-refractivity contribution in [2.75, 3.05) is 11.3 Å². The highest BCUT2D eigenvalue weighted by Gasteiger charge is 2.42. The van der Waals surface area contributed by atoms with Crippen LogP contribution >= 0.6 is 0 Å². The van der Waals surface area contributed by atoms with Crippen molar-refractivity contribution in [3.8, 4) is 0 Å². The number of nitrogens with zero attached hydrogens (tertiary/aromatic N) is 1. The lowest BCUT2D eigenvalue weighted by Crippen LogP contribution is -2.43. The van der Waals surface area contributed by atoms with Gasteiger partial charge in [-0.3, -0.25) is 4.72 Å². The number of carbonyl (C=O) groups excluding carboxylic acids is 1. The molecule has 1 aromatic rings. The van der Waals surface area contributed by atoms with E-state index in [9.17, 15) is 13.2 Å². The molecule has 1 saturated heterocycles. The molecule has 0 aromatic heterocycles. The molecule has 0 bridgehead atoms. The number of rotatable bonds is 4. The van der Waals surface area contributed by atoms with E-state index in [-0.39, 0.29) is 6.54 Å². The highest BCUT2D eigenvalue weighted by Crippen LogP contribution is 2.22. The Morgan fingerprint density at radius 2 is 2.00 bits per heavy atom. The first kappa shape index (κ1) is 12.8. The van der Waals surface area contributed by atoms with E-state index < -0.39 is 22.2 Å². The van der Waals surface area contributed by atoms with Crippen molar-refractivity contribution in [3.63, 3.8) is 0 Å². The second-order valence-corrected chi connectivity index (χ2v) is 5.73. The fourth-order valence-corrected chi connectivity index (χ4v) is 3.46. The van der Waals surface area contributed by atoms with Crippen molar-refractivity contribution in [2.24, 2.45) is 0 Å². The molecule has 0 aliphatic carbocycles. The summed E-state index contributed by atoms with van der Waals surface area (Å²) in [5, 5.41) is 7.09. The van der Waals surface area contributed by atoms with Crippen LogP contribution in [0.15, 0.2) is 30.3 Å². The zero-order chi connectivity index (χ0) is 13.2. The SMILES string of the molecule is O=C([OH2+])[C@@H]1CCCN1S(=O)(=O)Nc1ccccc1. The van der Waals surface area contributed by atoms with Crippen molar-refractivity contribution in [2.45, 2.75) is 18.9 Å². The zero-order valence-corrected chi connectivity index (χ0v) is 10.5. The summed E-state index contributed by atoms with van der Waals surface area (Å²) in [6, 6.07) is 7.62. The van der Waals surface area contributed by atoms with Gasteiger partial charge in [0.1, 0.15) is 0 Å².